The Morgan fingerprint density at radius 2 is 2.07 bits per heavy atom. The highest BCUT2D eigenvalue weighted by Crippen LogP contribution is 2.28. The lowest BCUT2D eigenvalue weighted by molar-refractivity contribution is 0.170. The van der Waals surface area contributed by atoms with Gasteiger partial charge in [-0.2, -0.15) is 0 Å². The Hall–Kier alpha value is -0.130. The zero-order chi connectivity index (χ0) is 10.8. The molecule has 0 bridgehead atoms. The molecule has 1 aliphatic rings. The van der Waals surface area contributed by atoms with Crippen molar-refractivity contribution >= 4 is 10.0 Å². The van der Waals surface area contributed by atoms with E-state index in [4.69, 9.17) is 5.11 Å². The summed E-state index contributed by atoms with van der Waals surface area (Å²) in [5.41, 5.74) is 0. The summed E-state index contributed by atoms with van der Waals surface area (Å²) in [6.45, 7) is 1.78. The van der Waals surface area contributed by atoms with E-state index in [0.717, 1.165) is 19.3 Å². The maximum absolute atomic E-state index is 11.7. The molecule has 1 aliphatic carbocycles. The van der Waals surface area contributed by atoms with E-state index in [9.17, 15) is 8.42 Å². The van der Waals surface area contributed by atoms with Gasteiger partial charge in [0.25, 0.3) is 0 Å². The fourth-order valence-electron chi connectivity index (χ4n) is 1.57. The monoisotopic (exact) mass is 221 g/mol. The molecule has 1 atom stereocenters. The van der Waals surface area contributed by atoms with Crippen molar-refractivity contribution in [3.63, 3.8) is 0 Å². The van der Waals surface area contributed by atoms with Gasteiger partial charge in [0.2, 0.25) is 10.0 Å². The van der Waals surface area contributed by atoms with Gasteiger partial charge in [-0.05, 0) is 25.7 Å². The van der Waals surface area contributed by atoms with E-state index >= 15 is 0 Å². The first-order valence-electron chi connectivity index (χ1n) is 5.04. The smallest absolute Gasteiger partial charge is 0.214 e. The van der Waals surface area contributed by atoms with Crippen LogP contribution in [0.1, 0.15) is 26.2 Å². The van der Waals surface area contributed by atoms with Gasteiger partial charge in [0.15, 0.2) is 0 Å². The molecule has 14 heavy (non-hydrogen) atoms. The molecule has 0 heterocycles. The molecule has 5 heteroatoms. The Kier molecular flexibility index (Phi) is 3.92. The van der Waals surface area contributed by atoms with Gasteiger partial charge in [-0.25, -0.2) is 12.7 Å². The summed E-state index contributed by atoms with van der Waals surface area (Å²) in [6, 6.07) is 0. The van der Waals surface area contributed by atoms with Crippen molar-refractivity contribution in [2.45, 2.75) is 32.3 Å². The van der Waals surface area contributed by atoms with E-state index in [1.165, 1.54) is 11.4 Å². The van der Waals surface area contributed by atoms with Crippen LogP contribution in [0.4, 0.5) is 0 Å². The molecule has 0 unspecified atom stereocenters. The molecule has 1 N–H and O–H groups in total. The van der Waals surface area contributed by atoms with E-state index < -0.39 is 16.1 Å². The minimum atomic E-state index is -3.14. The van der Waals surface area contributed by atoms with Crippen LogP contribution >= 0.6 is 0 Å². The number of rotatable bonds is 5. The molecular formula is C9H19NO3S. The summed E-state index contributed by atoms with van der Waals surface area (Å²) >= 11 is 0. The third kappa shape index (κ3) is 3.22. The number of likely N-dealkylation sites (N-methyl/N-ethyl adjacent to an activating group) is 1. The van der Waals surface area contributed by atoms with Crippen LogP contribution in [-0.4, -0.2) is 43.3 Å². The first-order chi connectivity index (χ1) is 6.42. The zero-order valence-electron chi connectivity index (χ0n) is 8.81. The number of aliphatic hydroxyl groups excluding tert-OH is 1. The second-order valence-corrected chi connectivity index (χ2v) is 6.33. The molecule has 1 rings (SSSR count). The summed E-state index contributed by atoms with van der Waals surface area (Å²) in [4.78, 5) is 0. The second kappa shape index (κ2) is 4.59. The fourth-order valence-corrected chi connectivity index (χ4v) is 3.20. The normalized spacial score (nSPS) is 20.9. The highest BCUT2D eigenvalue weighted by Gasteiger charge is 2.27. The molecule has 0 radical (unpaired) electrons. The van der Waals surface area contributed by atoms with Crippen LogP contribution in [-0.2, 0) is 10.0 Å². The largest absolute Gasteiger partial charge is 0.392 e. The Morgan fingerprint density at radius 1 is 1.50 bits per heavy atom. The molecule has 0 aromatic rings. The van der Waals surface area contributed by atoms with E-state index in [2.05, 4.69) is 0 Å². The lowest BCUT2D eigenvalue weighted by atomic mass is 9.87. The third-order valence-corrected chi connectivity index (χ3v) is 4.66. The van der Waals surface area contributed by atoms with Crippen molar-refractivity contribution in [2.75, 3.05) is 19.3 Å². The maximum atomic E-state index is 11.7. The van der Waals surface area contributed by atoms with Crippen LogP contribution in [0.15, 0.2) is 0 Å². The lowest BCUT2D eigenvalue weighted by Gasteiger charge is -2.27. The average molecular weight is 221 g/mol. The summed E-state index contributed by atoms with van der Waals surface area (Å²) < 4.78 is 24.6. The van der Waals surface area contributed by atoms with Crippen molar-refractivity contribution in [3.05, 3.63) is 0 Å². The summed E-state index contributed by atoms with van der Waals surface area (Å²) in [5.74, 6) is 0.590. The third-order valence-electron chi connectivity index (χ3n) is 2.67. The fraction of sp³-hybridized carbons (Fsp3) is 1.00. The number of hydrogen-bond donors (Lipinski definition) is 1. The molecule has 0 saturated heterocycles. The lowest BCUT2D eigenvalue weighted by Crippen LogP contribution is -2.37. The van der Waals surface area contributed by atoms with E-state index in [1.807, 2.05) is 0 Å². The average Bonchev–Trinajstić information content (AvgIpc) is 1.96. The van der Waals surface area contributed by atoms with Gasteiger partial charge in [-0.1, -0.05) is 6.42 Å². The molecule has 0 spiro atoms. The standard InChI is InChI=1S/C9H19NO3S/c1-8(11)6-10(2)14(12,13)7-9-4-3-5-9/h8-9,11H,3-7H2,1-2H3/t8-/m0/s1. The number of nitrogens with zero attached hydrogens (tertiary/aromatic N) is 1. The van der Waals surface area contributed by atoms with Gasteiger partial charge in [0, 0.05) is 13.6 Å². The van der Waals surface area contributed by atoms with E-state index in [0.29, 0.717) is 5.92 Å². The van der Waals surface area contributed by atoms with Gasteiger partial charge < -0.3 is 5.11 Å². The number of sulfonamides is 1. The molecule has 84 valence electrons. The molecular weight excluding hydrogens is 202 g/mol. The molecule has 0 aliphatic heterocycles. The van der Waals surface area contributed by atoms with Crippen LogP contribution in [0.25, 0.3) is 0 Å². The van der Waals surface area contributed by atoms with Crippen LogP contribution in [0, 0.1) is 5.92 Å². The van der Waals surface area contributed by atoms with Crippen molar-refractivity contribution < 1.29 is 13.5 Å². The first kappa shape index (κ1) is 11.9. The molecule has 4 nitrogen and oxygen atoms in total. The van der Waals surface area contributed by atoms with E-state index in [-0.39, 0.29) is 12.3 Å². The van der Waals surface area contributed by atoms with Crippen molar-refractivity contribution in [1.29, 1.82) is 0 Å². The van der Waals surface area contributed by atoms with Crippen molar-refractivity contribution in [3.8, 4) is 0 Å². The van der Waals surface area contributed by atoms with E-state index in [1.54, 1.807) is 6.92 Å². The van der Waals surface area contributed by atoms with Crippen molar-refractivity contribution in [1.82, 2.24) is 4.31 Å². The van der Waals surface area contributed by atoms with Gasteiger partial charge in [-0.3, -0.25) is 0 Å². The molecule has 0 aromatic heterocycles. The van der Waals surface area contributed by atoms with Crippen molar-refractivity contribution in [2.24, 2.45) is 5.92 Å². The predicted molar refractivity (Wildman–Crippen MR) is 55.4 cm³/mol. The van der Waals surface area contributed by atoms with Crippen LogP contribution in [0.2, 0.25) is 0 Å². The molecule has 0 aromatic carbocycles. The van der Waals surface area contributed by atoms with Crippen LogP contribution in [0.3, 0.4) is 0 Å². The minimum absolute atomic E-state index is 0.190. The van der Waals surface area contributed by atoms with Gasteiger partial charge >= 0.3 is 0 Å². The molecule has 1 saturated carbocycles. The Balaban J connectivity index is 2.46. The van der Waals surface area contributed by atoms with Crippen LogP contribution in [0.5, 0.6) is 0 Å². The minimum Gasteiger partial charge on any atom is -0.392 e. The van der Waals surface area contributed by atoms with Gasteiger partial charge in [0.1, 0.15) is 0 Å². The summed E-state index contributed by atoms with van der Waals surface area (Å²) in [5, 5.41) is 9.09. The highest BCUT2D eigenvalue weighted by atomic mass is 32.2. The number of aliphatic hydroxyl groups is 1. The maximum Gasteiger partial charge on any atom is 0.214 e. The predicted octanol–water partition coefficient (Wildman–Crippen LogP) is 0.429. The zero-order valence-corrected chi connectivity index (χ0v) is 9.63. The highest BCUT2D eigenvalue weighted by molar-refractivity contribution is 7.89. The Morgan fingerprint density at radius 3 is 2.43 bits per heavy atom. The quantitative estimate of drug-likeness (QED) is 0.732. The second-order valence-electron chi connectivity index (χ2n) is 4.21. The Bertz CT molecular complexity index is 270. The van der Waals surface area contributed by atoms with Crippen LogP contribution < -0.4 is 0 Å². The first-order valence-corrected chi connectivity index (χ1v) is 6.65. The Labute approximate surface area is 86.0 Å². The molecule has 0 amide bonds. The summed E-state index contributed by atoms with van der Waals surface area (Å²) in [7, 11) is -1.61. The topological polar surface area (TPSA) is 57.6 Å². The summed E-state index contributed by atoms with van der Waals surface area (Å²) in [6.07, 6.45) is 2.61. The number of hydrogen-bond acceptors (Lipinski definition) is 3. The molecule has 1 fully saturated rings. The SMILES string of the molecule is C[C@H](O)CN(C)S(=O)(=O)CC1CCC1. The van der Waals surface area contributed by atoms with Gasteiger partial charge in [0.05, 0.1) is 11.9 Å². The van der Waals surface area contributed by atoms with Gasteiger partial charge in [-0.15, -0.1) is 0 Å².